The van der Waals surface area contributed by atoms with Gasteiger partial charge in [-0.2, -0.15) is 0 Å². The van der Waals surface area contributed by atoms with Gasteiger partial charge in [-0.25, -0.2) is 0 Å². The summed E-state index contributed by atoms with van der Waals surface area (Å²) in [6, 6.07) is 10.2. The minimum Gasteiger partial charge on any atom is -0.375 e. The number of nitrogens with one attached hydrogen (secondary N) is 2. The molecule has 0 aromatic heterocycles. The monoisotopic (exact) mass is 292 g/mol. The zero-order valence-electron chi connectivity index (χ0n) is 13.6. The molecule has 0 saturated heterocycles. The fourth-order valence-electron chi connectivity index (χ4n) is 1.62. The molecule has 1 atom stereocenters. The molecular weight excluding hydrogens is 264 g/mol. The van der Waals surface area contributed by atoms with Crippen molar-refractivity contribution < 1.29 is 9.53 Å². The van der Waals surface area contributed by atoms with Gasteiger partial charge in [-0.1, -0.05) is 51.1 Å². The Balaban J connectivity index is 2.05. The third-order valence-electron chi connectivity index (χ3n) is 3.50. The molecule has 0 heterocycles. The van der Waals surface area contributed by atoms with Gasteiger partial charge in [0.1, 0.15) is 0 Å². The maximum Gasteiger partial charge on any atom is 0.234 e. The number of hydrogen-bond acceptors (Lipinski definition) is 3. The van der Waals surface area contributed by atoms with Crippen LogP contribution < -0.4 is 10.6 Å². The zero-order chi connectivity index (χ0) is 15.7. The van der Waals surface area contributed by atoms with E-state index in [2.05, 4.69) is 31.4 Å². The van der Waals surface area contributed by atoms with Gasteiger partial charge in [0.25, 0.3) is 0 Å². The van der Waals surface area contributed by atoms with Crippen LogP contribution in [-0.2, 0) is 16.1 Å². The Morgan fingerprint density at radius 2 is 1.90 bits per heavy atom. The second kappa shape index (κ2) is 8.80. The van der Waals surface area contributed by atoms with Crippen molar-refractivity contribution in [2.45, 2.75) is 40.3 Å². The van der Waals surface area contributed by atoms with E-state index in [0.717, 1.165) is 5.56 Å². The lowest BCUT2D eigenvalue weighted by atomic mass is 9.88. The molecule has 1 aromatic rings. The number of carbonyl (C=O) groups is 1. The molecule has 21 heavy (non-hydrogen) atoms. The fraction of sp³-hybridized carbons (Fsp3) is 0.588. The van der Waals surface area contributed by atoms with Gasteiger partial charge in [-0.15, -0.1) is 0 Å². The first-order valence-electron chi connectivity index (χ1n) is 7.51. The van der Waals surface area contributed by atoms with Crippen LogP contribution in [0.15, 0.2) is 30.3 Å². The standard InChI is InChI=1S/C17H28N2O2/c1-14(17(2,3)4)19-16(20)12-18-10-11-21-13-15-8-6-5-7-9-15/h5-9,14,18H,10-13H2,1-4H3,(H,19,20)/t14-/m1/s1. The number of hydrogen-bond donors (Lipinski definition) is 2. The molecule has 1 aromatic carbocycles. The number of ether oxygens (including phenoxy) is 1. The average molecular weight is 292 g/mol. The maximum absolute atomic E-state index is 11.7. The molecule has 0 radical (unpaired) electrons. The van der Waals surface area contributed by atoms with Crippen molar-refractivity contribution in [3.05, 3.63) is 35.9 Å². The third-order valence-corrected chi connectivity index (χ3v) is 3.50. The summed E-state index contributed by atoms with van der Waals surface area (Å²) >= 11 is 0. The smallest absolute Gasteiger partial charge is 0.234 e. The summed E-state index contributed by atoms with van der Waals surface area (Å²) in [7, 11) is 0. The van der Waals surface area contributed by atoms with E-state index in [0.29, 0.717) is 26.3 Å². The SMILES string of the molecule is C[C@@H](NC(=O)CNCCOCc1ccccc1)C(C)(C)C. The van der Waals surface area contributed by atoms with Gasteiger partial charge in [0.15, 0.2) is 0 Å². The molecule has 0 spiro atoms. The molecule has 4 nitrogen and oxygen atoms in total. The Labute approximate surface area is 128 Å². The molecule has 118 valence electrons. The molecule has 0 aliphatic carbocycles. The Hall–Kier alpha value is -1.39. The highest BCUT2D eigenvalue weighted by Crippen LogP contribution is 2.18. The fourth-order valence-corrected chi connectivity index (χ4v) is 1.62. The molecule has 0 unspecified atom stereocenters. The van der Waals surface area contributed by atoms with Crippen molar-refractivity contribution in [1.82, 2.24) is 10.6 Å². The molecular formula is C17H28N2O2. The summed E-state index contributed by atoms with van der Waals surface area (Å²) in [6.45, 7) is 10.6. The average Bonchev–Trinajstić information content (AvgIpc) is 2.42. The van der Waals surface area contributed by atoms with Crippen molar-refractivity contribution in [3.8, 4) is 0 Å². The first-order valence-corrected chi connectivity index (χ1v) is 7.51. The van der Waals surface area contributed by atoms with Gasteiger partial charge in [0.05, 0.1) is 19.8 Å². The highest BCUT2D eigenvalue weighted by molar-refractivity contribution is 5.78. The quantitative estimate of drug-likeness (QED) is 0.723. The van der Waals surface area contributed by atoms with Crippen LogP contribution in [0.25, 0.3) is 0 Å². The third kappa shape index (κ3) is 7.83. The summed E-state index contributed by atoms with van der Waals surface area (Å²) in [5, 5.41) is 6.09. The van der Waals surface area contributed by atoms with Crippen LogP contribution >= 0.6 is 0 Å². The van der Waals surface area contributed by atoms with E-state index in [-0.39, 0.29) is 17.4 Å². The van der Waals surface area contributed by atoms with Gasteiger partial charge < -0.3 is 15.4 Å². The molecule has 4 heteroatoms. The minimum atomic E-state index is 0.0282. The molecule has 0 fully saturated rings. The lowest BCUT2D eigenvalue weighted by Crippen LogP contribution is -2.45. The number of rotatable bonds is 8. The van der Waals surface area contributed by atoms with Crippen molar-refractivity contribution in [1.29, 1.82) is 0 Å². The van der Waals surface area contributed by atoms with E-state index in [1.807, 2.05) is 37.3 Å². The Morgan fingerprint density at radius 1 is 1.24 bits per heavy atom. The van der Waals surface area contributed by atoms with E-state index >= 15 is 0 Å². The molecule has 1 rings (SSSR count). The summed E-state index contributed by atoms with van der Waals surface area (Å²) < 4.78 is 5.54. The first-order chi connectivity index (χ1) is 9.89. The van der Waals surface area contributed by atoms with E-state index < -0.39 is 0 Å². The van der Waals surface area contributed by atoms with Crippen molar-refractivity contribution in [2.75, 3.05) is 19.7 Å². The predicted octanol–water partition coefficient (Wildman–Crippen LogP) is 2.34. The normalized spacial score (nSPS) is 13.0. The van der Waals surface area contributed by atoms with Crippen LogP contribution in [0.1, 0.15) is 33.3 Å². The van der Waals surface area contributed by atoms with Gasteiger partial charge >= 0.3 is 0 Å². The van der Waals surface area contributed by atoms with E-state index in [1.165, 1.54) is 0 Å². The zero-order valence-corrected chi connectivity index (χ0v) is 13.6. The van der Waals surface area contributed by atoms with E-state index in [4.69, 9.17) is 4.74 Å². The first kappa shape index (κ1) is 17.7. The van der Waals surface area contributed by atoms with Crippen LogP contribution in [0.4, 0.5) is 0 Å². The lowest BCUT2D eigenvalue weighted by molar-refractivity contribution is -0.121. The Morgan fingerprint density at radius 3 is 2.52 bits per heavy atom. The predicted molar refractivity (Wildman–Crippen MR) is 86.0 cm³/mol. The maximum atomic E-state index is 11.7. The topological polar surface area (TPSA) is 50.4 Å². The van der Waals surface area contributed by atoms with Crippen LogP contribution in [0, 0.1) is 5.41 Å². The van der Waals surface area contributed by atoms with Gasteiger partial charge in [-0.05, 0) is 17.9 Å². The number of amides is 1. The van der Waals surface area contributed by atoms with Crippen LogP contribution in [-0.4, -0.2) is 31.6 Å². The highest BCUT2D eigenvalue weighted by atomic mass is 16.5. The summed E-state index contributed by atoms with van der Waals surface area (Å²) in [5.41, 5.74) is 1.24. The van der Waals surface area contributed by atoms with E-state index in [9.17, 15) is 4.79 Å². The molecule has 0 aliphatic rings. The van der Waals surface area contributed by atoms with Gasteiger partial charge in [0, 0.05) is 12.6 Å². The molecule has 0 saturated carbocycles. The highest BCUT2D eigenvalue weighted by Gasteiger charge is 2.21. The molecule has 0 aliphatic heterocycles. The second-order valence-electron chi connectivity index (χ2n) is 6.37. The lowest BCUT2D eigenvalue weighted by Gasteiger charge is -2.28. The summed E-state index contributed by atoms with van der Waals surface area (Å²) in [5.74, 6) is 0.0282. The van der Waals surface area contributed by atoms with Crippen LogP contribution in [0.5, 0.6) is 0 Å². The second-order valence-corrected chi connectivity index (χ2v) is 6.37. The number of benzene rings is 1. The van der Waals surface area contributed by atoms with Gasteiger partial charge in [0.2, 0.25) is 5.91 Å². The molecule has 0 bridgehead atoms. The minimum absolute atomic E-state index is 0.0282. The van der Waals surface area contributed by atoms with E-state index in [1.54, 1.807) is 0 Å². The number of carbonyl (C=O) groups excluding carboxylic acids is 1. The molecule has 1 amide bonds. The Bertz CT molecular complexity index is 413. The largest absolute Gasteiger partial charge is 0.375 e. The Kier molecular flexibility index (Phi) is 7.40. The van der Waals surface area contributed by atoms with Gasteiger partial charge in [-0.3, -0.25) is 4.79 Å². The van der Waals surface area contributed by atoms with Crippen molar-refractivity contribution in [3.63, 3.8) is 0 Å². The summed E-state index contributed by atoms with van der Waals surface area (Å²) in [6.07, 6.45) is 0. The molecule has 2 N–H and O–H groups in total. The summed E-state index contributed by atoms with van der Waals surface area (Å²) in [4.78, 5) is 11.7. The van der Waals surface area contributed by atoms with Crippen LogP contribution in [0.2, 0.25) is 0 Å². The van der Waals surface area contributed by atoms with Crippen molar-refractivity contribution >= 4 is 5.91 Å². The van der Waals surface area contributed by atoms with Crippen LogP contribution in [0.3, 0.4) is 0 Å². The van der Waals surface area contributed by atoms with Crippen molar-refractivity contribution in [2.24, 2.45) is 5.41 Å².